The van der Waals surface area contributed by atoms with Crippen LogP contribution in [0.1, 0.15) is 0 Å². The molecule has 0 rings (SSSR count). The molecule has 0 N–H and O–H groups in total. The van der Waals surface area contributed by atoms with Crippen LogP contribution in [0.4, 0.5) is 0 Å². The van der Waals surface area contributed by atoms with E-state index in [4.69, 9.17) is 9.47 Å². The molecule has 0 fully saturated rings. The summed E-state index contributed by atoms with van der Waals surface area (Å²) in [5.74, 6) is 0. The second-order valence-corrected chi connectivity index (χ2v) is 3.00. The number of ether oxygens (including phenoxy) is 2. The summed E-state index contributed by atoms with van der Waals surface area (Å²) in [7, 11) is 3.94. The van der Waals surface area contributed by atoms with Crippen molar-refractivity contribution in [2.45, 2.75) is 6.10 Å². The van der Waals surface area contributed by atoms with Crippen LogP contribution in [-0.2, 0) is 9.47 Å². The minimum absolute atomic E-state index is 0.0381. The summed E-state index contributed by atoms with van der Waals surface area (Å²) in [6, 6.07) is 0. The third kappa shape index (κ3) is 7.26. The zero-order valence-corrected chi connectivity index (χ0v) is 8.82. The highest BCUT2D eigenvalue weighted by Gasteiger charge is 2.09. The number of hydrogen-bond donors (Lipinski definition) is 0. The lowest BCUT2D eigenvalue weighted by molar-refractivity contribution is 0.0506. The van der Waals surface area contributed by atoms with Gasteiger partial charge in [-0.1, -0.05) is 24.6 Å². The molecule has 0 saturated heterocycles. The van der Waals surface area contributed by atoms with Gasteiger partial charge >= 0.3 is 0 Å². The van der Waals surface area contributed by atoms with E-state index in [9.17, 15) is 0 Å². The van der Waals surface area contributed by atoms with Crippen molar-refractivity contribution >= 4 is 0 Å². The Labute approximate surface area is 85.6 Å². The Morgan fingerprint density at radius 3 is 2.43 bits per heavy atom. The molecule has 78 valence electrons. The first-order chi connectivity index (χ1) is 6.70. The van der Waals surface area contributed by atoms with Crippen molar-refractivity contribution in [3.05, 3.63) is 37.1 Å². The first kappa shape index (κ1) is 12.6. The quantitative estimate of drug-likeness (QED) is 0.454. The maximum Gasteiger partial charge on any atom is 0.145 e. The highest BCUT2D eigenvalue weighted by molar-refractivity contribution is 4.72. The standard InChI is InChI=1S/C11H17NO2/c1-5-7-13-10-11(9-12(3)4)14-8-6-2/h7-8,11H,1-2,9-10H2,3-4H3. The molecule has 0 aliphatic carbocycles. The van der Waals surface area contributed by atoms with E-state index in [1.54, 1.807) is 0 Å². The van der Waals surface area contributed by atoms with Crippen molar-refractivity contribution in [2.24, 2.45) is 0 Å². The van der Waals surface area contributed by atoms with Gasteiger partial charge in [-0.25, -0.2) is 0 Å². The summed E-state index contributed by atoms with van der Waals surface area (Å²) in [5.41, 5.74) is 5.08. The van der Waals surface area contributed by atoms with Gasteiger partial charge in [0.25, 0.3) is 0 Å². The molecule has 14 heavy (non-hydrogen) atoms. The van der Waals surface area contributed by atoms with E-state index >= 15 is 0 Å². The predicted molar refractivity (Wildman–Crippen MR) is 56.8 cm³/mol. The number of nitrogens with zero attached hydrogens (tertiary/aromatic N) is 1. The average molecular weight is 195 g/mol. The van der Waals surface area contributed by atoms with Crippen LogP contribution in [0.2, 0.25) is 0 Å². The van der Waals surface area contributed by atoms with E-state index in [0.717, 1.165) is 6.54 Å². The van der Waals surface area contributed by atoms with E-state index in [1.807, 2.05) is 19.0 Å². The van der Waals surface area contributed by atoms with E-state index in [-0.39, 0.29) is 6.10 Å². The Kier molecular flexibility index (Phi) is 7.39. The smallest absolute Gasteiger partial charge is 0.145 e. The molecule has 1 unspecified atom stereocenters. The normalized spacial score (nSPS) is 11.1. The molecule has 0 saturated carbocycles. The Hall–Kier alpha value is -1.40. The van der Waals surface area contributed by atoms with Crippen LogP contribution < -0.4 is 0 Å². The molecule has 3 heteroatoms. The van der Waals surface area contributed by atoms with Crippen LogP contribution in [0.5, 0.6) is 0 Å². The van der Waals surface area contributed by atoms with E-state index in [1.165, 1.54) is 12.5 Å². The van der Waals surface area contributed by atoms with E-state index in [0.29, 0.717) is 6.61 Å². The second-order valence-electron chi connectivity index (χ2n) is 3.00. The van der Waals surface area contributed by atoms with Crippen molar-refractivity contribution in [3.63, 3.8) is 0 Å². The maximum absolute atomic E-state index is 5.32. The Balaban J connectivity index is 3.95. The predicted octanol–water partition coefficient (Wildman–Crippen LogP) is 1.55. The molecule has 0 aromatic rings. The van der Waals surface area contributed by atoms with Gasteiger partial charge in [0.15, 0.2) is 0 Å². The average Bonchev–Trinajstić information content (AvgIpc) is 2.13. The highest BCUT2D eigenvalue weighted by atomic mass is 16.5. The van der Waals surface area contributed by atoms with Gasteiger partial charge in [-0.2, -0.15) is 0 Å². The monoisotopic (exact) mass is 195 g/mol. The molecule has 1 atom stereocenters. The molecule has 0 bridgehead atoms. The van der Waals surface area contributed by atoms with E-state index in [2.05, 4.69) is 24.6 Å². The Morgan fingerprint density at radius 1 is 1.29 bits per heavy atom. The minimum Gasteiger partial charge on any atom is -0.489 e. The zero-order valence-electron chi connectivity index (χ0n) is 8.82. The number of rotatable bonds is 7. The second kappa shape index (κ2) is 8.21. The summed E-state index contributed by atoms with van der Waals surface area (Å²) in [6.45, 7) is 8.04. The molecule has 0 heterocycles. The molecule has 0 aliphatic heterocycles. The van der Waals surface area contributed by atoms with Gasteiger partial charge in [0.2, 0.25) is 0 Å². The van der Waals surface area contributed by atoms with Crippen molar-refractivity contribution < 1.29 is 9.47 Å². The first-order valence-corrected chi connectivity index (χ1v) is 4.31. The molecular weight excluding hydrogens is 178 g/mol. The fourth-order valence-electron chi connectivity index (χ4n) is 0.901. The van der Waals surface area contributed by atoms with Gasteiger partial charge in [0.1, 0.15) is 25.2 Å². The van der Waals surface area contributed by atoms with Gasteiger partial charge in [-0.05, 0) is 14.1 Å². The summed E-state index contributed by atoms with van der Waals surface area (Å²) >= 11 is 0. The van der Waals surface area contributed by atoms with Gasteiger partial charge in [0.05, 0.1) is 0 Å². The first-order valence-electron chi connectivity index (χ1n) is 4.31. The summed E-state index contributed by atoms with van der Waals surface area (Å²) in [5, 5.41) is 0. The molecule has 0 aromatic carbocycles. The van der Waals surface area contributed by atoms with Crippen molar-refractivity contribution in [1.29, 1.82) is 0 Å². The van der Waals surface area contributed by atoms with Crippen molar-refractivity contribution in [1.82, 2.24) is 4.90 Å². The highest BCUT2D eigenvalue weighted by Crippen LogP contribution is 1.96. The lowest BCUT2D eigenvalue weighted by Gasteiger charge is -2.19. The van der Waals surface area contributed by atoms with Gasteiger partial charge in [-0.3, -0.25) is 0 Å². The fraction of sp³-hybridized carbons (Fsp3) is 0.455. The largest absolute Gasteiger partial charge is 0.489 e. The summed E-state index contributed by atoms with van der Waals surface area (Å²) in [6.07, 6.45) is 2.82. The van der Waals surface area contributed by atoms with Crippen molar-refractivity contribution in [2.75, 3.05) is 27.2 Å². The van der Waals surface area contributed by atoms with Crippen LogP contribution in [0.15, 0.2) is 37.1 Å². The molecular formula is C11H17NO2. The third-order valence-corrected chi connectivity index (χ3v) is 1.36. The Morgan fingerprint density at radius 2 is 1.93 bits per heavy atom. The van der Waals surface area contributed by atoms with Gasteiger partial charge in [-0.15, -0.1) is 0 Å². The lowest BCUT2D eigenvalue weighted by Crippen LogP contribution is -2.30. The third-order valence-electron chi connectivity index (χ3n) is 1.36. The van der Waals surface area contributed by atoms with Crippen molar-refractivity contribution in [3.8, 4) is 0 Å². The fourth-order valence-corrected chi connectivity index (χ4v) is 0.901. The SMILES string of the molecule is C=C=COCC(CN(C)C)OC=C=C. The van der Waals surface area contributed by atoms with Crippen LogP contribution in [0.25, 0.3) is 0 Å². The maximum atomic E-state index is 5.32. The Bertz CT molecular complexity index is 236. The van der Waals surface area contributed by atoms with Gasteiger partial charge < -0.3 is 14.4 Å². The zero-order chi connectivity index (χ0) is 10.8. The molecule has 3 nitrogen and oxygen atoms in total. The number of hydrogen-bond acceptors (Lipinski definition) is 3. The summed E-state index contributed by atoms with van der Waals surface area (Å²) in [4.78, 5) is 2.02. The molecule has 0 amide bonds. The summed E-state index contributed by atoms with van der Waals surface area (Å²) < 4.78 is 10.4. The molecule has 0 aromatic heterocycles. The van der Waals surface area contributed by atoms with Crippen LogP contribution in [0, 0.1) is 0 Å². The van der Waals surface area contributed by atoms with Crippen LogP contribution in [-0.4, -0.2) is 38.3 Å². The number of likely N-dealkylation sites (N-methyl/N-ethyl adjacent to an activating group) is 1. The topological polar surface area (TPSA) is 21.7 Å². The molecule has 0 spiro atoms. The lowest BCUT2D eigenvalue weighted by atomic mass is 10.3. The van der Waals surface area contributed by atoms with Crippen LogP contribution >= 0.6 is 0 Å². The molecule has 0 aliphatic rings. The van der Waals surface area contributed by atoms with E-state index < -0.39 is 0 Å². The molecule has 0 radical (unpaired) electrons. The minimum atomic E-state index is -0.0381. The van der Waals surface area contributed by atoms with Gasteiger partial charge in [0, 0.05) is 6.54 Å². The van der Waals surface area contributed by atoms with Crippen LogP contribution in [0.3, 0.4) is 0 Å².